The van der Waals surface area contributed by atoms with E-state index in [-0.39, 0.29) is 33.9 Å². The summed E-state index contributed by atoms with van der Waals surface area (Å²) in [6.07, 6.45) is -1.51. The molecule has 1 aliphatic heterocycles. The van der Waals surface area contributed by atoms with Crippen molar-refractivity contribution in [3.63, 3.8) is 0 Å². The van der Waals surface area contributed by atoms with Gasteiger partial charge in [0.05, 0.1) is 48.7 Å². The third-order valence-corrected chi connectivity index (χ3v) is 9.44. The van der Waals surface area contributed by atoms with Crippen molar-refractivity contribution in [2.24, 2.45) is 4.40 Å². The van der Waals surface area contributed by atoms with E-state index in [9.17, 15) is 31.2 Å². The summed E-state index contributed by atoms with van der Waals surface area (Å²) in [5.74, 6) is -1.26. The maximum absolute atomic E-state index is 14.8. The zero-order valence-electron chi connectivity index (χ0n) is 23.8. The summed E-state index contributed by atoms with van der Waals surface area (Å²) >= 11 is 0.753. The Morgan fingerprint density at radius 2 is 1.85 bits per heavy atom. The Hall–Kier alpha value is -4.92. The molecule has 5 rings (SSSR count). The first-order valence-electron chi connectivity index (χ1n) is 13.0. The quantitative estimate of drug-likeness (QED) is 0.154. The van der Waals surface area contributed by atoms with Crippen LogP contribution in [-0.4, -0.2) is 54.0 Å². The molecule has 0 spiro atoms. The molecule has 238 valence electrons. The summed E-state index contributed by atoms with van der Waals surface area (Å²) in [5.41, 5.74) is -2.43. The molecule has 1 aliphatic rings. The van der Waals surface area contributed by atoms with Crippen LogP contribution in [0.25, 0.3) is 11.1 Å². The van der Waals surface area contributed by atoms with Gasteiger partial charge in [-0.3, -0.25) is 0 Å². The number of nitrogens with zero attached hydrogens (tertiary/aromatic N) is 6. The maximum atomic E-state index is 14.8. The first kappa shape index (κ1) is 32.5. The van der Waals surface area contributed by atoms with E-state index in [1.165, 1.54) is 56.9 Å². The third kappa shape index (κ3) is 6.68. The number of alkyl halides is 3. The van der Waals surface area contributed by atoms with Crippen LogP contribution in [0.4, 0.5) is 17.6 Å². The first-order chi connectivity index (χ1) is 22.0. The van der Waals surface area contributed by atoms with Gasteiger partial charge in [0, 0.05) is 47.3 Å². The normalized spacial score (nSPS) is 14.7. The molecular formula is C29H22F4N6O5S2. The Kier molecular flexibility index (Phi) is 9.32. The lowest BCUT2D eigenvalue weighted by atomic mass is 10.0. The van der Waals surface area contributed by atoms with Crippen molar-refractivity contribution in [1.82, 2.24) is 19.6 Å². The third-order valence-electron chi connectivity index (χ3n) is 6.64. The van der Waals surface area contributed by atoms with Gasteiger partial charge in [0.1, 0.15) is 23.7 Å². The molecule has 0 saturated carbocycles. The van der Waals surface area contributed by atoms with E-state index < -0.39 is 33.1 Å². The lowest BCUT2D eigenvalue weighted by Gasteiger charge is -2.33. The number of ether oxygens (including phenoxy) is 2. The molecule has 0 fully saturated rings. The van der Waals surface area contributed by atoms with Crippen LogP contribution in [0.1, 0.15) is 16.7 Å². The number of hydroxylamine groups is 2. The molecule has 4 aromatic rings. The predicted octanol–water partition coefficient (Wildman–Crippen LogP) is 5.65. The Balaban J connectivity index is 1.60. The zero-order chi connectivity index (χ0) is 33.1. The van der Waals surface area contributed by atoms with Crippen molar-refractivity contribution in [2.75, 3.05) is 14.2 Å². The standard InChI is InChI=1S/C29H22F4N6O5S2/c1-42-21-7-6-20(26(11-21)43-2)16-39(46(40,41)22-5-3-4-18(10-22)14-34)28-38(17-37-45-28)44-27-13-25(30)24(29(31,32)33)12-23(27)19-8-9-35-36-15-19/h3-13,15,17,28H,16H2,1-2H3. The van der Waals surface area contributed by atoms with E-state index in [0.29, 0.717) is 29.2 Å². The summed E-state index contributed by atoms with van der Waals surface area (Å²) in [4.78, 5) is 5.68. The minimum Gasteiger partial charge on any atom is -0.497 e. The average Bonchev–Trinajstić information content (AvgIpc) is 3.50. The van der Waals surface area contributed by atoms with E-state index >= 15 is 0 Å². The van der Waals surface area contributed by atoms with Crippen molar-refractivity contribution >= 4 is 28.3 Å². The molecule has 1 unspecified atom stereocenters. The maximum Gasteiger partial charge on any atom is 0.419 e. The molecule has 11 nitrogen and oxygen atoms in total. The molecule has 1 aromatic heterocycles. The predicted molar refractivity (Wildman–Crippen MR) is 158 cm³/mol. The molecule has 0 aliphatic carbocycles. The summed E-state index contributed by atoms with van der Waals surface area (Å²) in [7, 11) is -1.60. The summed E-state index contributed by atoms with van der Waals surface area (Å²) < 4.78 is 100. The van der Waals surface area contributed by atoms with Crippen molar-refractivity contribution in [2.45, 2.75) is 23.1 Å². The van der Waals surface area contributed by atoms with Gasteiger partial charge in [-0.05, 0) is 36.4 Å². The van der Waals surface area contributed by atoms with Crippen LogP contribution in [0.2, 0.25) is 0 Å². The molecule has 3 aromatic carbocycles. The molecular weight excluding hydrogens is 652 g/mol. The molecule has 0 amide bonds. The van der Waals surface area contributed by atoms with E-state index in [0.717, 1.165) is 27.7 Å². The van der Waals surface area contributed by atoms with Gasteiger partial charge in [-0.15, -0.1) is 0 Å². The highest BCUT2D eigenvalue weighted by atomic mass is 32.2. The minimum absolute atomic E-state index is 0.0855. The molecule has 0 radical (unpaired) electrons. The first-order valence-corrected chi connectivity index (χ1v) is 15.3. The molecule has 1 atom stereocenters. The number of nitriles is 1. The second kappa shape index (κ2) is 13.2. The van der Waals surface area contributed by atoms with E-state index in [1.54, 1.807) is 18.2 Å². The average molecular weight is 675 g/mol. The Bertz CT molecular complexity index is 1920. The fourth-order valence-electron chi connectivity index (χ4n) is 4.41. The second-order valence-corrected chi connectivity index (χ2v) is 12.2. The number of aromatic nitrogens is 2. The molecule has 0 N–H and O–H groups in total. The van der Waals surface area contributed by atoms with Crippen LogP contribution in [0.5, 0.6) is 17.2 Å². The topological polar surface area (TPSA) is 130 Å². The fraction of sp³-hybridized carbons (Fsp3) is 0.172. The SMILES string of the molecule is COc1ccc(CN(C2SN=CN2Oc2cc(F)c(C(F)(F)F)cc2-c2ccnnc2)S(=O)(=O)c2cccc(C#N)c2)c(OC)c1. The van der Waals surface area contributed by atoms with Gasteiger partial charge >= 0.3 is 6.18 Å². The van der Waals surface area contributed by atoms with Crippen molar-refractivity contribution in [3.05, 3.63) is 95.6 Å². The number of halogens is 4. The molecule has 0 bridgehead atoms. The Labute approximate surface area is 264 Å². The van der Waals surface area contributed by atoms with Crippen LogP contribution in [0, 0.1) is 17.1 Å². The highest BCUT2D eigenvalue weighted by Crippen LogP contribution is 2.41. The lowest BCUT2D eigenvalue weighted by Crippen LogP contribution is -2.47. The number of benzene rings is 3. The van der Waals surface area contributed by atoms with Crippen LogP contribution in [0.3, 0.4) is 0 Å². The summed E-state index contributed by atoms with van der Waals surface area (Å²) in [5, 5.41) is 17.7. The molecule has 46 heavy (non-hydrogen) atoms. The highest BCUT2D eigenvalue weighted by Gasteiger charge is 2.41. The van der Waals surface area contributed by atoms with Gasteiger partial charge in [-0.2, -0.15) is 42.4 Å². The van der Waals surface area contributed by atoms with Crippen LogP contribution in [-0.2, 0) is 22.7 Å². The van der Waals surface area contributed by atoms with Gasteiger partial charge in [-0.25, -0.2) is 12.8 Å². The van der Waals surface area contributed by atoms with Gasteiger partial charge in [0.2, 0.25) is 15.5 Å². The van der Waals surface area contributed by atoms with E-state index in [2.05, 4.69) is 14.6 Å². The van der Waals surface area contributed by atoms with E-state index in [4.69, 9.17) is 14.3 Å². The van der Waals surface area contributed by atoms with Crippen molar-refractivity contribution < 1.29 is 40.3 Å². The zero-order valence-corrected chi connectivity index (χ0v) is 25.5. The van der Waals surface area contributed by atoms with Crippen LogP contribution < -0.4 is 14.3 Å². The van der Waals surface area contributed by atoms with Crippen LogP contribution in [0.15, 0.2) is 82.4 Å². The number of methoxy groups -OCH3 is 2. The van der Waals surface area contributed by atoms with E-state index in [1.807, 2.05) is 6.07 Å². The number of hydrogen-bond donors (Lipinski definition) is 0. The Morgan fingerprint density at radius 3 is 2.52 bits per heavy atom. The van der Waals surface area contributed by atoms with Gasteiger partial charge in [-0.1, -0.05) is 12.1 Å². The number of hydrogen-bond acceptors (Lipinski definition) is 11. The Morgan fingerprint density at radius 1 is 1.04 bits per heavy atom. The monoisotopic (exact) mass is 674 g/mol. The minimum atomic E-state index is -5.02. The number of rotatable bonds is 10. The van der Waals surface area contributed by atoms with Gasteiger partial charge in [0.25, 0.3) is 0 Å². The molecule has 0 saturated heterocycles. The molecule has 2 heterocycles. The highest BCUT2D eigenvalue weighted by molar-refractivity contribution is 8.00. The van der Waals surface area contributed by atoms with Crippen LogP contribution >= 0.6 is 11.9 Å². The number of sulfonamides is 1. The van der Waals surface area contributed by atoms with Gasteiger partial charge < -0.3 is 14.3 Å². The van der Waals surface area contributed by atoms with Crippen molar-refractivity contribution in [3.8, 4) is 34.4 Å². The second-order valence-electron chi connectivity index (χ2n) is 9.43. The summed E-state index contributed by atoms with van der Waals surface area (Å²) in [6, 6.07) is 14.5. The smallest absolute Gasteiger partial charge is 0.419 e. The molecule has 17 heteroatoms. The van der Waals surface area contributed by atoms with Crippen molar-refractivity contribution in [1.29, 1.82) is 5.26 Å². The van der Waals surface area contributed by atoms with Gasteiger partial charge in [0.15, 0.2) is 5.75 Å². The lowest BCUT2D eigenvalue weighted by molar-refractivity contribution is -0.140. The summed E-state index contributed by atoms with van der Waals surface area (Å²) in [6.45, 7) is -0.324. The fourth-order valence-corrected chi connectivity index (χ4v) is 6.93. The largest absolute Gasteiger partial charge is 0.497 e.